The molecule has 0 amide bonds. The van der Waals surface area contributed by atoms with Crippen LogP contribution in [0, 0.1) is 0 Å². The van der Waals surface area contributed by atoms with Crippen LogP contribution in [0.3, 0.4) is 0 Å². The summed E-state index contributed by atoms with van der Waals surface area (Å²) in [4.78, 5) is 16.6. The summed E-state index contributed by atoms with van der Waals surface area (Å²) in [6, 6.07) is 28.3. The van der Waals surface area contributed by atoms with E-state index in [1.165, 1.54) is 12.1 Å². The highest BCUT2D eigenvalue weighted by atomic mass is 79.9. The van der Waals surface area contributed by atoms with Crippen molar-refractivity contribution in [1.29, 1.82) is 0 Å². The Hall–Kier alpha value is -5.28. The largest absolute Gasteiger partial charge is 0.494 e. The second-order valence-corrected chi connectivity index (χ2v) is 11.2. The van der Waals surface area contributed by atoms with Gasteiger partial charge in [-0.3, -0.25) is 4.57 Å². The van der Waals surface area contributed by atoms with Gasteiger partial charge in [0.2, 0.25) is 11.6 Å². The second-order valence-electron chi connectivity index (χ2n) is 10.3. The summed E-state index contributed by atoms with van der Waals surface area (Å²) in [6.07, 6.45) is 1.79. The molecule has 44 heavy (non-hydrogen) atoms. The van der Waals surface area contributed by atoms with Crippen molar-refractivity contribution < 1.29 is 29.2 Å². The molecule has 2 aromatic heterocycles. The number of aromatic hydroxyl groups is 1. The molecule has 1 aliphatic rings. The molecule has 0 saturated carbocycles. The number of rotatable bonds is 6. The molecule has 0 atom stereocenters. The van der Waals surface area contributed by atoms with Crippen LogP contribution in [0.15, 0.2) is 102 Å². The van der Waals surface area contributed by atoms with Crippen LogP contribution in [0.5, 0.6) is 23.1 Å². The van der Waals surface area contributed by atoms with Gasteiger partial charge in [-0.25, -0.2) is 9.78 Å². The van der Waals surface area contributed by atoms with Crippen molar-refractivity contribution >= 4 is 32.7 Å². The number of ether oxygens (including phenoxy) is 3. The third-order valence-electron chi connectivity index (χ3n) is 7.58. The normalized spacial score (nSPS) is 12.3. The number of carboxylic acid groups (broad SMARTS) is 1. The minimum absolute atomic E-state index is 0.0408. The molecule has 0 radical (unpaired) electrons. The molecule has 1 aliphatic heterocycles. The number of hydrogen-bond donors (Lipinski definition) is 2. The number of pyridine rings is 1. The zero-order valence-corrected chi connectivity index (χ0v) is 25.0. The van der Waals surface area contributed by atoms with Crippen LogP contribution in [0.1, 0.15) is 10.4 Å². The van der Waals surface area contributed by atoms with E-state index in [4.69, 9.17) is 19.2 Å². The van der Waals surface area contributed by atoms with Gasteiger partial charge in [0, 0.05) is 38.3 Å². The molecular formula is C35H25BrN2O6. The molecule has 6 aromatic rings. The zero-order valence-electron chi connectivity index (χ0n) is 23.5. The van der Waals surface area contributed by atoms with Gasteiger partial charge < -0.3 is 24.4 Å². The first-order valence-electron chi connectivity index (χ1n) is 13.8. The van der Waals surface area contributed by atoms with E-state index in [-0.39, 0.29) is 11.4 Å². The molecule has 8 nitrogen and oxygen atoms in total. The van der Waals surface area contributed by atoms with Crippen molar-refractivity contribution in [2.75, 3.05) is 20.3 Å². The first kappa shape index (κ1) is 27.5. The molecule has 4 aromatic carbocycles. The Morgan fingerprint density at radius 3 is 2.39 bits per heavy atom. The van der Waals surface area contributed by atoms with Gasteiger partial charge in [0.25, 0.3) is 0 Å². The smallest absolute Gasteiger partial charge is 0.335 e. The maximum Gasteiger partial charge on any atom is 0.335 e. The Kier molecular flexibility index (Phi) is 6.94. The zero-order chi connectivity index (χ0) is 30.4. The van der Waals surface area contributed by atoms with Gasteiger partial charge in [-0.2, -0.15) is 0 Å². The van der Waals surface area contributed by atoms with Crippen LogP contribution in [0.4, 0.5) is 0 Å². The van der Waals surface area contributed by atoms with Gasteiger partial charge in [-0.1, -0.05) is 46.3 Å². The van der Waals surface area contributed by atoms with Crippen LogP contribution in [-0.2, 0) is 0 Å². The lowest BCUT2D eigenvalue weighted by atomic mass is 9.99. The topological polar surface area (TPSA) is 103 Å². The first-order chi connectivity index (χ1) is 21.4. The van der Waals surface area contributed by atoms with E-state index in [1.54, 1.807) is 23.9 Å². The molecular weight excluding hydrogens is 624 g/mol. The number of fused-ring (bicyclic) bond motifs is 2. The third-order valence-corrected chi connectivity index (χ3v) is 8.11. The quantitative estimate of drug-likeness (QED) is 0.189. The monoisotopic (exact) mass is 648 g/mol. The lowest BCUT2D eigenvalue weighted by Gasteiger charge is -2.21. The van der Waals surface area contributed by atoms with E-state index in [9.17, 15) is 15.0 Å². The summed E-state index contributed by atoms with van der Waals surface area (Å²) >= 11 is 3.52. The number of carboxylic acids is 1. The minimum Gasteiger partial charge on any atom is -0.494 e. The van der Waals surface area contributed by atoms with Crippen LogP contribution in [-0.4, -0.2) is 46.1 Å². The number of hydrogen-bond acceptors (Lipinski definition) is 6. The number of methoxy groups -OCH3 is 1. The van der Waals surface area contributed by atoms with E-state index < -0.39 is 5.97 Å². The average Bonchev–Trinajstić information content (AvgIpc) is 3.39. The number of aromatic nitrogens is 2. The average molecular weight is 649 g/mol. The molecule has 0 unspecified atom stereocenters. The van der Waals surface area contributed by atoms with Crippen molar-refractivity contribution in [1.82, 2.24) is 9.55 Å². The van der Waals surface area contributed by atoms with Crippen molar-refractivity contribution in [3.05, 3.63) is 107 Å². The molecule has 3 heterocycles. The number of aromatic carboxylic acids is 1. The minimum atomic E-state index is -1.05. The van der Waals surface area contributed by atoms with E-state index in [0.29, 0.717) is 41.5 Å². The molecule has 218 valence electrons. The summed E-state index contributed by atoms with van der Waals surface area (Å²) in [5.74, 6) is 0.707. The highest BCUT2D eigenvalue weighted by Crippen LogP contribution is 2.44. The Morgan fingerprint density at radius 1 is 0.864 bits per heavy atom. The van der Waals surface area contributed by atoms with Crippen LogP contribution in [0.25, 0.3) is 50.1 Å². The van der Waals surface area contributed by atoms with Gasteiger partial charge in [-0.15, -0.1) is 0 Å². The molecule has 0 spiro atoms. The molecule has 0 saturated heterocycles. The van der Waals surface area contributed by atoms with Gasteiger partial charge in [0.1, 0.15) is 13.2 Å². The number of halogens is 1. The summed E-state index contributed by atoms with van der Waals surface area (Å²) in [5.41, 5.74) is 5.87. The molecule has 9 heteroatoms. The van der Waals surface area contributed by atoms with Crippen molar-refractivity contribution in [2.45, 2.75) is 0 Å². The van der Waals surface area contributed by atoms with Crippen molar-refractivity contribution in [3.63, 3.8) is 0 Å². The van der Waals surface area contributed by atoms with Gasteiger partial charge >= 0.3 is 5.97 Å². The Morgan fingerprint density at radius 2 is 1.61 bits per heavy atom. The summed E-state index contributed by atoms with van der Waals surface area (Å²) < 4.78 is 20.0. The van der Waals surface area contributed by atoms with Gasteiger partial charge in [-0.05, 0) is 71.8 Å². The molecule has 2 N–H and O–H groups in total. The Labute approximate surface area is 260 Å². The van der Waals surface area contributed by atoms with Crippen LogP contribution < -0.4 is 14.2 Å². The lowest BCUT2D eigenvalue weighted by Crippen LogP contribution is -2.16. The maximum atomic E-state index is 11.5. The molecule has 7 rings (SSSR count). The second kappa shape index (κ2) is 11.1. The Balaban J connectivity index is 1.37. The van der Waals surface area contributed by atoms with Gasteiger partial charge in [0.05, 0.1) is 24.1 Å². The van der Waals surface area contributed by atoms with Gasteiger partial charge in [0.15, 0.2) is 11.5 Å². The SMILES string of the molecule is COc1cc(-c2cc(-c3ccc(Br)cc3)nc(-c3cccc(-n4cc5ccc(C(=O)O)cc5c4O)c3)c2)cc2c1OCCO2. The first-order valence-corrected chi connectivity index (χ1v) is 14.6. The van der Waals surface area contributed by atoms with Crippen LogP contribution in [0.2, 0.25) is 0 Å². The van der Waals surface area contributed by atoms with E-state index in [2.05, 4.69) is 15.9 Å². The van der Waals surface area contributed by atoms with E-state index >= 15 is 0 Å². The predicted octanol–water partition coefficient (Wildman–Crippen LogP) is 7.97. The Bertz CT molecular complexity index is 2050. The van der Waals surface area contributed by atoms with Crippen LogP contribution >= 0.6 is 15.9 Å². The standard InChI is InChI=1S/C35H25BrN2O6/c1-42-31-17-25(18-32-33(31)44-12-11-43-32)24-15-29(20-7-9-26(36)10-8-20)37-30(16-24)21-3-2-4-27(13-21)38-19-23-6-5-22(35(40)41)14-28(23)34(38)39/h2-10,13-19,39H,11-12H2,1H3,(H,40,41). The highest BCUT2D eigenvalue weighted by molar-refractivity contribution is 9.10. The number of nitrogens with zero attached hydrogens (tertiary/aromatic N) is 2. The molecule has 0 aliphatic carbocycles. The predicted molar refractivity (Wildman–Crippen MR) is 171 cm³/mol. The lowest BCUT2D eigenvalue weighted by molar-refractivity contribution is 0.0697. The summed E-state index contributed by atoms with van der Waals surface area (Å²) in [7, 11) is 1.61. The van der Waals surface area contributed by atoms with E-state index in [1.807, 2.05) is 72.8 Å². The van der Waals surface area contributed by atoms with Crippen molar-refractivity contribution in [2.24, 2.45) is 0 Å². The number of carbonyl (C=O) groups is 1. The third kappa shape index (κ3) is 5.01. The molecule has 0 bridgehead atoms. The number of benzene rings is 4. The summed E-state index contributed by atoms with van der Waals surface area (Å²) in [6.45, 7) is 0.913. The van der Waals surface area contributed by atoms with Crippen molar-refractivity contribution in [3.8, 4) is 62.5 Å². The fraction of sp³-hybridized carbons (Fsp3) is 0.0857. The van der Waals surface area contributed by atoms with E-state index in [0.717, 1.165) is 43.5 Å². The highest BCUT2D eigenvalue weighted by Gasteiger charge is 2.20. The fourth-order valence-electron chi connectivity index (χ4n) is 5.39. The maximum absolute atomic E-state index is 11.5. The fourth-order valence-corrected chi connectivity index (χ4v) is 5.66. The molecule has 0 fully saturated rings. The summed E-state index contributed by atoms with van der Waals surface area (Å²) in [5, 5.41) is 21.7.